The summed E-state index contributed by atoms with van der Waals surface area (Å²) < 4.78 is 10.7. The average Bonchev–Trinajstić information content (AvgIpc) is 3.22. The Bertz CT molecular complexity index is 638. The third-order valence-corrected chi connectivity index (χ3v) is 5.64. The van der Waals surface area contributed by atoms with E-state index in [2.05, 4.69) is 4.90 Å². The van der Waals surface area contributed by atoms with Gasteiger partial charge in [0.05, 0.1) is 13.2 Å². The number of halogens is 1. The summed E-state index contributed by atoms with van der Waals surface area (Å²) in [5, 5.41) is 0.625. The van der Waals surface area contributed by atoms with Crippen molar-refractivity contribution >= 4 is 23.5 Å². The van der Waals surface area contributed by atoms with E-state index in [1.807, 2.05) is 17.0 Å². The number of rotatable bonds is 6. The summed E-state index contributed by atoms with van der Waals surface area (Å²) in [4.78, 5) is 28.6. The first-order valence-corrected chi connectivity index (χ1v) is 9.93. The highest BCUT2D eigenvalue weighted by atomic mass is 35.5. The molecule has 1 aliphatic carbocycles. The summed E-state index contributed by atoms with van der Waals surface area (Å²) in [7, 11) is 1.39. The second kappa shape index (κ2) is 9.53. The summed E-state index contributed by atoms with van der Waals surface area (Å²) >= 11 is 5.96. The number of hydrogen-bond acceptors (Lipinski definition) is 5. The first-order valence-electron chi connectivity index (χ1n) is 9.55. The maximum Gasteiger partial charge on any atom is 0.327 e. The fraction of sp³-hybridized carbons (Fsp3) is 0.600. The van der Waals surface area contributed by atoms with E-state index in [0.29, 0.717) is 31.2 Å². The van der Waals surface area contributed by atoms with Crippen molar-refractivity contribution < 1.29 is 19.1 Å². The number of hydrogen-bond donors (Lipinski definition) is 0. The molecule has 0 aromatic heterocycles. The van der Waals surface area contributed by atoms with Gasteiger partial charge in [0.1, 0.15) is 12.6 Å². The lowest BCUT2D eigenvalue weighted by atomic mass is 10.0. The molecule has 1 amide bonds. The highest BCUT2D eigenvalue weighted by Crippen LogP contribution is 2.25. The molecule has 148 valence electrons. The fourth-order valence-electron chi connectivity index (χ4n) is 3.82. The van der Waals surface area contributed by atoms with Crippen LogP contribution in [-0.4, -0.2) is 67.7 Å². The zero-order valence-electron chi connectivity index (χ0n) is 15.7. The molecule has 27 heavy (non-hydrogen) atoms. The van der Waals surface area contributed by atoms with Crippen molar-refractivity contribution in [3.8, 4) is 0 Å². The second-order valence-electron chi connectivity index (χ2n) is 7.11. The molecule has 1 aromatic carbocycles. The molecule has 0 bridgehead atoms. The first-order chi connectivity index (χ1) is 13.1. The normalized spacial score (nSPS) is 19.9. The van der Waals surface area contributed by atoms with Gasteiger partial charge in [-0.25, -0.2) is 4.79 Å². The van der Waals surface area contributed by atoms with Crippen LogP contribution in [0.1, 0.15) is 37.3 Å². The summed E-state index contributed by atoms with van der Waals surface area (Å²) in [6.45, 7) is 2.53. The lowest BCUT2D eigenvalue weighted by Crippen LogP contribution is -2.52. The van der Waals surface area contributed by atoms with Crippen LogP contribution in [0.15, 0.2) is 24.3 Å². The van der Waals surface area contributed by atoms with E-state index >= 15 is 0 Å². The lowest BCUT2D eigenvalue weighted by molar-refractivity contribution is -0.149. The van der Waals surface area contributed by atoms with Crippen molar-refractivity contribution in [2.45, 2.75) is 37.8 Å². The third kappa shape index (κ3) is 5.21. The van der Waals surface area contributed by atoms with Gasteiger partial charge in [-0.05, 0) is 30.5 Å². The van der Waals surface area contributed by atoms with E-state index in [1.54, 1.807) is 12.1 Å². The molecule has 2 aliphatic rings. The molecule has 1 aliphatic heterocycles. The van der Waals surface area contributed by atoms with Gasteiger partial charge in [-0.15, -0.1) is 0 Å². The Morgan fingerprint density at radius 2 is 1.74 bits per heavy atom. The van der Waals surface area contributed by atoms with Crippen LogP contribution in [0.4, 0.5) is 0 Å². The summed E-state index contributed by atoms with van der Waals surface area (Å²) in [5.74, 6) is -0.274. The number of nitrogens with zero attached hydrogens (tertiary/aromatic N) is 2. The van der Waals surface area contributed by atoms with Gasteiger partial charge in [0.25, 0.3) is 0 Å². The Hall–Kier alpha value is -1.63. The molecule has 1 unspecified atom stereocenters. The molecule has 0 radical (unpaired) electrons. The molecular formula is C20H27ClN2O4. The molecule has 1 aromatic rings. The van der Waals surface area contributed by atoms with Gasteiger partial charge in [-0.2, -0.15) is 0 Å². The maximum atomic E-state index is 12.4. The van der Waals surface area contributed by atoms with Crippen LogP contribution < -0.4 is 0 Å². The molecule has 1 atom stereocenters. The van der Waals surface area contributed by atoms with Gasteiger partial charge < -0.3 is 14.4 Å². The minimum Gasteiger partial charge on any atom is -0.468 e. The topological polar surface area (TPSA) is 59.1 Å². The van der Waals surface area contributed by atoms with E-state index in [1.165, 1.54) is 20.0 Å². The minimum absolute atomic E-state index is 0.0302. The minimum atomic E-state index is -0.487. The van der Waals surface area contributed by atoms with E-state index in [9.17, 15) is 9.59 Å². The Morgan fingerprint density at radius 3 is 2.33 bits per heavy atom. The smallest absolute Gasteiger partial charge is 0.327 e. The van der Waals surface area contributed by atoms with E-state index < -0.39 is 6.04 Å². The summed E-state index contributed by atoms with van der Waals surface area (Å²) in [6.07, 6.45) is 4.74. The van der Waals surface area contributed by atoms with Gasteiger partial charge in [-0.3, -0.25) is 9.69 Å². The SMILES string of the molecule is COC(=O)C(c1ccc(Cl)cc1)N1CCN(C(=O)COC2CCCC2)CC1. The Morgan fingerprint density at radius 1 is 1.11 bits per heavy atom. The fourth-order valence-corrected chi connectivity index (χ4v) is 3.94. The molecule has 3 rings (SSSR count). The average molecular weight is 395 g/mol. The van der Waals surface area contributed by atoms with Crippen molar-refractivity contribution in [2.75, 3.05) is 39.9 Å². The maximum absolute atomic E-state index is 12.4. The van der Waals surface area contributed by atoms with Gasteiger partial charge >= 0.3 is 5.97 Å². The zero-order valence-corrected chi connectivity index (χ0v) is 16.5. The van der Waals surface area contributed by atoms with E-state index in [4.69, 9.17) is 21.1 Å². The van der Waals surface area contributed by atoms with Crippen molar-refractivity contribution in [3.05, 3.63) is 34.9 Å². The standard InChI is InChI=1S/C20H27ClN2O4/c1-26-20(25)19(15-6-8-16(21)9-7-15)23-12-10-22(11-13-23)18(24)14-27-17-4-2-3-5-17/h6-9,17,19H,2-5,10-14H2,1H3. The number of ether oxygens (including phenoxy) is 2. The molecule has 1 heterocycles. The molecule has 6 nitrogen and oxygen atoms in total. The van der Waals surface area contributed by atoms with Gasteiger partial charge in [0.2, 0.25) is 5.91 Å². The first kappa shape index (κ1) is 20.1. The van der Waals surface area contributed by atoms with Crippen LogP contribution in [0.25, 0.3) is 0 Å². The molecule has 1 saturated heterocycles. The summed E-state index contributed by atoms with van der Waals surface area (Å²) in [5.41, 5.74) is 0.843. The number of carbonyl (C=O) groups is 2. The summed E-state index contributed by atoms with van der Waals surface area (Å²) in [6, 6.07) is 6.74. The van der Waals surface area contributed by atoms with Gasteiger partial charge in [0.15, 0.2) is 0 Å². The zero-order chi connectivity index (χ0) is 19.2. The largest absolute Gasteiger partial charge is 0.468 e. The van der Waals surface area contributed by atoms with Crippen molar-refractivity contribution in [3.63, 3.8) is 0 Å². The predicted molar refractivity (Wildman–Crippen MR) is 103 cm³/mol. The van der Waals surface area contributed by atoms with Crippen LogP contribution in [-0.2, 0) is 19.1 Å². The highest BCUT2D eigenvalue weighted by molar-refractivity contribution is 6.30. The Balaban J connectivity index is 1.55. The lowest BCUT2D eigenvalue weighted by Gasteiger charge is -2.38. The number of benzene rings is 1. The number of carbonyl (C=O) groups excluding carboxylic acids is 2. The molecule has 0 spiro atoms. The molecule has 2 fully saturated rings. The highest BCUT2D eigenvalue weighted by Gasteiger charge is 2.32. The van der Waals surface area contributed by atoms with Gasteiger partial charge in [0, 0.05) is 31.2 Å². The van der Waals surface area contributed by atoms with Crippen molar-refractivity contribution in [1.82, 2.24) is 9.80 Å². The quantitative estimate of drug-likeness (QED) is 0.694. The Labute approximate surface area is 165 Å². The van der Waals surface area contributed by atoms with Crippen LogP contribution in [0.2, 0.25) is 5.02 Å². The van der Waals surface area contributed by atoms with Crippen LogP contribution in [0.5, 0.6) is 0 Å². The van der Waals surface area contributed by atoms with Crippen LogP contribution in [0, 0.1) is 0 Å². The number of methoxy groups -OCH3 is 1. The monoisotopic (exact) mass is 394 g/mol. The van der Waals surface area contributed by atoms with E-state index in [-0.39, 0.29) is 24.6 Å². The number of piperazine rings is 1. The molecule has 1 saturated carbocycles. The second-order valence-corrected chi connectivity index (χ2v) is 7.55. The molecule has 0 N–H and O–H groups in total. The predicted octanol–water partition coefficient (Wildman–Crippen LogP) is 2.66. The molecule has 7 heteroatoms. The number of amides is 1. The third-order valence-electron chi connectivity index (χ3n) is 5.39. The van der Waals surface area contributed by atoms with Crippen molar-refractivity contribution in [1.29, 1.82) is 0 Å². The van der Waals surface area contributed by atoms with Crippen molar-refractivity contribution in [2.24, 2.45) is 0 Å². The molecular weight excluding hydrogens is 368 g/mol. The van der Waals surface area contributed by atoms with E-state index in [0.717, 1.165) is 18.4 Å². The van der Waals surface area contributed by atoms with Gasteiger partial charge in [-0.1, -0.05) is 36.6 Å². The van der Waals surface area contributed by atoms with Crippen LogP contribution >= 0.6 is 11.6 Å². The van der Waals surface area contributed by atoms with Crippen LogP contribution in [0.3, 0.4) is 0 Å². The number of esters is 1. The Kier molecular flexibility index (Phi) is 7.10.